The number of hydrogen-bond acceptors (Lipinski definition) is 4. The summed E-state index contributed by atoms with van der Waals surface area (Å²) in [4.78, 5) is 13.7. The van der Waals surface area contributed by atoms with Crippen LogP contribution in [0.2, 0.25) is 0 Å². The maximum absolute atomic E-state index is 12.0. The maximum Gasteiger partial charge on any atom is 0.410 e. The van der Waals surface area contributed by atoms with Gasteiger partial charge in [0.2, 0.25) is 0 Å². The smallest absolute Gasteiger partial charge is 0.410 e. The number of carbonyl (C=O) groups excluding carboxylic acids is 1. The first kappa shape index (κ1) is 16.6. The van der Waals surface area contributed by atoms with Crippen molar-refractivity contribution >= 4 is 17.9 Å². The van der Waals surface area contributed by atoms with Crippen LogP contribution in [0.3, 0.4) is 0 Å². The molecular weight excluding hydrogens is 262 g/mol. The van der Waals surface area contributed by atoms with Crippen molar-refractivity contribution in [1.29, 1.82) is 0 Å². The van der Waals surface area contributed by atoms with E-state index in [9.17, 15) is 4.79 Å². The van der Waals surface area contributed by atoms with E-state index in [1.165, 1.54) is 0 Å². The van der Waals surface area contributed by atoms with Gasteiger partial charge in [-0.2, -0.15) is 11.8 Å². The van der Waals surface area contributed by atoms with Gasteiger partial charge in [0.25, 0.3) is 0 Å². The van der Waals surface area contributed by atoms with Gasteiger partial charge >= 0.3 is 6.09 Å². The Labute approximate surface area is 121 Å². The summed E-state index contributed by atoms with van der Waals surface area (Å²) in [5.41, 5.74) is -0.653. The zero-order chi connectivity index (χ0) is 14.5. The van der Waals surface area contributed by atoms with E-state index in [1.54, 1.807) is 4.90 Å². The molecule has 1 fully saturated rings. The molecule has 1 unspecified atom stereocenters. The van der Waals surface area contributed by atoms with Crippen LogP contribution in [-0.2, 0) is 9.47 Å². The van der Waals surface area contributed by atoms with Crippen molar-refractivity contribution in [3.05, 3.63) is 0 Å². The molecule has 0 spiro atoms. The van der Waals surface area contributed by atoms with Crippen molar-refractivity contribution in [1.82, 2.24) is 4.90 Å². The van der Waals surface area contributed by atoms with Crippen LogP contribution in [0.1, 0.15) is 41.0 Å². The number of likely N-dealkylation sites (tertiary alicyclic amines) is 1. The van der Waals surface area contributed by atoms with E-state index in [1.807, 2.05) is 32.5 Å². The Bertz CT molecular complexity index is 304. The van der Waals surface area contributed by atoms with E-state index in [0.717, 1.165) is 24.5 Å². The maximum atomic E-state index is 12.0. The second-order valence-electron chi connectivity index (χ2n) is 6.15. The molecule has 1 saturated heterocycles. The van der Waals surface area contributed by atoms with Crippen LogP contribution in [0.25, 0.3) is 0 Å². The van der Waals surface area contributed by atoms with Gasteiger partial charge in [-0.05, 0) is 39.9 Å². The lowest BCUT2D eigenvalue weighted by Gasteiger charge is -2.27. The van der Waals surface area contributed by atoms with E-state index < -0.39 is 5.60 Å². The van der Waals surface area contributed by atoms with Crippen LogP contribution in [0.5, 0.6) is 0 Å². The lowest BCUT2D eigenvalue weighted by molar-refractivity contribution is -0.0198. The van der Waals surface area contributed by atoms with Crippen LogP contribution in [0, 0.1) is 0 Å². The summed E-state index contributed by atoms with van der Waals surface area (Å²) in [5.74, 6) is 2.13. The highest BCUT2D eigenvalue weighted by Crippen LogP contribution is 2.26. The van der Waals surface area contributed by atoms with Crippen LogP contribution in [0.4, 0.5) is 4.79 Å². The van der Waals surface area contributed by atoms with Crippen LogP contribution in [0.15, 0.2) is 0 Å². The molecular formula is C14H27NO3S. The largest absolute Gasteiger partial charge is 0.444 e. The zero-order valence-electron chi connectivity index (χ0n) is 12.8. The van der Waals surface area contributed by atoms with Crippen molar-refractivity contribution in [3.8, 4) is 0 Å². The zero-order valence-corrected chi connectivity index (χ0v) is 13.6. The lowest BCUT2D eigenvalue weighted by Crippen LogP contribution is -2.39. The monoisotopic (exact) mass is 289 g/mol. The molecule has 4 nitrogen and oxygen atoms in total. The van der Waals surface area contributed by atoms with Gasteiger partial charge in [-0.1, -0.05) is 6.92 Å². The molecule has 0 radical (unpaired) electrons. The molecule has 5 heteroatoms. The molecule has 0 aromatic carbocycles. The van der Waals surface area contributed by atoms with Gasteiger partial charge in [-0.3, -0.25) is 0 Å². The number of carbonyl (C=O) groups is 1. The molecule has 1 aliphatic heterocycles. The number of ether oxygens (including phenoxy) is 2. The molecule has 0 saturated carbocycles. The fourth-order valence-electron chi connectivity index (χ4n) is 2.02. The predicted octanol–water partition coefficient (Wildman–Crippen LogP) is 3.16. The quantitative estimate of drug-likeness (QED) is 0.729. The van der Waals surface area contributed by atoms with Gasteiger partial charge in [0.1, 0.15) is 5.60 Å². The summed E-state index contributed by atoms with van der Waals surface area (Å²) < 4.78 is 11.3. The second kappa shape index (κ2) is 6.84. The standard InChI is InChI=1S/C14H27NO3S/c1-6-19-10-9-17-14(5)7-8-15(11-14)12(16)18-13(2,3)4/h6-11H2,1-5H3. The van der Waals surface area contributed by atoms with E-state index in [0.29, 0.717) is 13.1 Å². The molecule has 1 aliphatic rings. The van der Waals surface area contributed by atoms with E-state index in [-0.39, 0.29) is 11.7 Å². The predicted molar refractivity (Wildman–Crippen MR) is 79.8 cm³/mol. The number of thioether (sulfide) groups is 1. The third-order valence-corrected chi connectivity index (χ3v) is 3.83. The minimum atomic E-state index is -0.436. The first-order valence-electron chi connectivity index (χ1n) is 6.95. The van der Waals surface area contributed by atoms with E-state index in [4.69, 9.17) is 9.47 Å². The highest BCUT2D eigenvalue weighted by Gasteiger charge is 2.38. The van der Waals surface area contributed by atoms with Crippen molar-refractivity contribution in [2.24, 2.45) is 0 Å². The Morgan fingerprint density at radius 1 is 1.42 bits per heavy atom. The Hall–Kier alpha value is -0.420. The first-order valence-corrected chi connectivity index (χ1v) is 8.11. The van der Waals surface area contributed by atoms with Crippen molar-refractivity contribution in [3.63, 3.8) is 0 Å². The van der Waals surface area contributed by atoms with Crippen LogP contribution in [-0.4, -0.2) is 53.4 Å². The molecule has 0 aromatic heterocycles. The topological polar surface area (TPSA) is 38.8 Å². The third kappa shape index (κ3) is 6.04. The van der Waals surface area contributed by atoms with Gasteiger partial charge < -0.3 is 14.4 Å². The summed E-state index contributed by atoms with van der Waals surface area (Å²) >= 11 is 1.87. The first-order chi connectivity index (χ1) is 8.76. The minimum Gasteiger partial charge on any atom is -0.444 e. The average molecular weight is 289 g/mol. The third-order valence-electron chi connectivity index (χ3n) is 2.97. The molecule has 1 rings (SSSR count). The summed E-state index contributed by atoms with van der Waals surface area (Å²) in [5, 5.41) is 0. The molecule has 19 heavy (non-hydrogen) atoms. The van der Waals surface area contributed by atoms with E-state index >= 15 is 0 Å². The van der Waals surface area contributed by atoms with Crippen LogP contribution < -0.4 is 0 Å². The summed E-state index contributed by atoms with van der Waals surface area (Å²) in [6.45, 7) is 12.0. The van der Waals surface area contributed by atoms with Crippen molar-refractivity contribution < 1.29 is 14.3 Å². The summed E-state index contributed by atoms with van der Waals surface area (Å²) in [6.07, 6.45) is 0.644. The molecule has 0 N–H and O–H groups in total. The van der Waals surface area contributed by atoms with Crippen molar-refractivity contribution in [2.45, 2.75) is 52.2 Å². The molecule has 1 atom stereocenters. The van der Waals surface area contributed by atoms with Gasteiger partial charge in [0.15, 0.2) is 0 Å². The Morgan fingerprint density at radius 3 is 2.68 bits per heavy atom. The van der Waals surface area contributed by atoms with E-state index in [2.05, 4.69) is 13.8 Å². The lowest BCUT2D eigenvalue weighted by atomic mass is 10.1. The molecule has 0 bridgehead atoms. The fraction of sp³-hybridized carbons (Fsp3) is 0.929. The highest BCUT2D eigenvalue weighted by atomic mass is 32.2. The Morgan fingerprint density at radius 2 is 2.11 bits per heavy atom. The van der Waals surface area contributed by atoms with Crippen LogP contribution >= 0.6 is 11.8 Å². The number of hydrogen-bond donors (Lipinski definition) is 0. The summed E-state index contributed by atoms with van der Waals surface area (Å²) in [6, 6.07) is 0. The number of rotatable bonds is 5. The minimum absolute atomic E-state index is 0.217. The molecule has 1 heterocycles. The van der Waals surface area contributed by atoms with Crippen molar-refractivity contribution in [2.75, 3.05) is 31.2 Å². The average Bonchev–Trinajstić information content (AvgIpc) is 2.66. The normalized spacial score (nSPS) is 23.7. The summed E-state index contributed by atoms with van der Waals surface area (Å²) in [7, 11) is 0. The van der Waals surface area contributed by atoms with Gasteiger partial charge in [-0.25, -0.2) is 4.79 Å². The Balaban J connectivity index is 2.37. The molecule has 1 amide bonds. The number of amides is 1. The number of nitrogens with zero attached hydrogens (tertiary/aromatic N) is 1. The Kier molecular flexibility index (Phi) is 5.99. The highest BCUT2D eigenvalue weighted by molar-refractivity contribution is 7.99. The fourth-order valence-corrected chi connectivity index (χ4v) is 2.51. The molecule has 0 aliphatic carbocycles. The van der Waals surface area contributed by atoms with Gasteiger partial charge in [0.05, 0.1) is 18.8 Å². The van der Waals surface area contributed by atoms with Gasteiger partial charge in [0, 0.05) is 12.3 Å². The SMILES string of the molecule is CCSCCOC1(C)CCN(C(=O)OC(C)(C)C)C1. The van der Waals surface area contributed by atoms with Gasteiger partial charge in [-0.15, -0.1) is 0 Å². The molecule has 0 aromatic rings. The molecule has 112 valence electrons. The second-order valence-corrected chi connectivity index (χ2v) is 7.54.